The van der Waals surface area contributed by atoms with Gasteiger partial charge in [0.2, 0.25) is 11.8 Å². The maximum Gasteiger partial charge on any atom is 0.331 e. The summed E-state index contributed by atoms with van der Waals surface area (Å²) in [5, 5.41) is 16.1. The van der Waals surface area contributed by atoms with E-state index in [1.165, 1.54) is 17.9 Å². The zero-order valence-electron chi connectivity index (χ0n) is 20.6. The van der Waals surface area contributed by atoms with Gasteiger partial charge in [0.15, 0.2) is 0 Å². The number of aromatic nitrogens is 1. The van der Waals surface area contributed by atoms with Crippen LogP contribution in [0.15, 0.2) is 42.1 Å². The van der Waals surface area contributed by atoms with Crippen LogP contribution in [0.2, 0.25) is 0 Å². The van der Waals surface area contributed by atoms with E-state index in [9.17, 15) is 14.4 Å². The van der Waals surface area contributed by atoms with Gasteiger partial charge in [0.1, 0.15) is 6.04 Å². The van der Waals surface area contributed by atoms with Crippen molar-refractivity contribution in [3.63, 3.8) is 0 Å². The van der Waals surface area contributed by atoms with Crippen LogP contribution in [0.25, 0.3) is 10.9 Å². The van der Waals surface area contributed by atoms with Gasteiger partial charge >= 0.3 is 5.97 Å². The maximum absolute atomic E-state index is 13.2. The smallest absolute Gasteiger partial charge is 0.331 e. The van der Waals surface area contributed by atoms with Gasteiger partial charge in [-0.05, 0) is 37.4 Å². The van der Waals surface area contributed by atoms with E-state index in [-0.39, 0.29) is 23.9 Å². The second-order valence-corrected chi connectivity index (χ2v) is 9.55. The van der Waals surface area contributed by atoms with Crippen LogP contribution in [-0.2, 0) is 27.9 Å². The molecule has 8 nitrogen and oxygen atoms in total. The molecule has 180 valence electrons. The van der Waals surface area contributed by atoms with Crippen molar-refractivity contribution in [2.45, 2.75) is 46.2 Å². The van der Waals surface area contributed by atoms with Crippen LogP contribution >= 0.6 is 0 Å². The van der Waals surface area contributed by atoms with E-state index in [4.69, 9.17) is 5.11 Å². The molecule has 33 heavy (non-hydrogen) atoms. The van der Waals surface area contributed by atoms with E-state index < -0.39 is 23.5 Å². The molecule has 0 unspecified atom stereocenters. The summed E-state index contributed by atoms with van der Waals surface area (Å²) in [4.78, 5) is 38.8. The van der Waals surface area contributed by atoms with E-state index in [1.54, 1.807) is 14.1 Å². The van der Waals surface area contributed by atoms with Crippen molar-refractivity contribution in [2.24, 2.45) is 12.5 Å². The molecule has 2 aromatic rings. The molecule has 1 aromatic heterocycles. The summed E-state index contributed by atoms with van der Waals surface area (Å²) in [6, 6.07) is 6.75. The fraction of sp³-hybridized carbons (Fsp3) is 0.480. The second kappa shape index (κ2) is 10.7. The number of benzene rings is 1. The summed E-state index contributed by atoms with van der Waals surface area (Å²) < 4.78 is 2.04. The monoisotopic (exact) mass is 456 g/mol. The van der Waals surface area contributed by atoms with Gasteiger partial charge in [-0.3, -0.25) is 9.59 Å². The largest absolute Gasteiger partial charge is 0.478 e. The third-order valence-corrected chi connectivity index (χ3v) is 5.85. The van der Waals surface area contributed by atoms with E-state index >= 15 is 0 Å². The van der Waals surface area contributed by atoms with Gasteiger partial charge in [-0.15, -0.1) is 0 Å². The first-order valence-electron chi connectivity index (χ1n) is 11.0. The predicted octanol–water partition coefficient (Wildman–Crippen LogP) is 2.33. The highest BCUT2D eigenvalue weighted by atomic mass is 16.4. The van der Waals surface area contributed by atoms with Crippen molar-refractivity contribution in [2.75, 3.05) is 20.6 Å². The Morgan fingerprint density at radius 2 is 1.85 bits per heavy atom. The average Bonchev–Trinajstić information content (AvgIpc) is 3.07. The van der Waals surface area contributed by atoms with Gasteiger partial charge in [0.05, 0.1) is 6.04 Å². The number of carboxylic acid groups (broad SMARTS) is 1. The molecule has 0 saturated carbocycles. The molecule has 2 atom stereocenters. The minimum Gasteiger partial charge on any atom is -0.478 e. The van der Waals surface area contributed by atoms with Gasteiger partial charge in [0.25, 0.3) is 0 Å². The number of rotatable bonds is 9. The lowest BCUT2D eigenvalue weighted by molar-refractivity contribution is -0.138. The van der Waals surface area contributed by atoms with Crippen molar-refractivity contribution >= 4 is 28.7 Å². The summed E-state index contributed by atoms with van der Waals surface area (Å²) in [7, 11) is 5.31. The first kappa shape index (κ1) is 26.1. The Morgan fingerprint density at radius 3 is 2.42 bits per heavy atom. The Hall–Kier alpha value is -3.13. The highest BCUT2D eigenvalue weighted by Crippen LogP contribution is 2.23. The minimum atomic E-state index is -1.03. The molecule has 0 aliphatic carbocycles. The summed E-state index contributed by atoms with van der Waals surface area (Å²) in [6.45, 7) is 7.29. The molecule has 3 N–H and O–H groups in total. The molecule has 0 radical (unpaired) electrons. The van der Waals surface area contributed by atoms with Crippen molar-refractivity contribution in [1.29, 1.82) is 0 Å². The zero-order chi connectivity index (χ0) is 24.9. The Bertz CT molecular complexity index is 1050. The van der Waals surface area contributed by atoms with E-state index in [1.807, 2.05) is 62.8 Å². The number of hydrogen-bond acceptors (Lipinski definition) is 4. The normalized spacial score (nSPS) is 14.1. The molecule has 0 aliphatic rings. The van der Waals surface area contributed by atoms with Crippen LogP contribution in [0.5, 0.6) is 0 Å². The van der Waals surface area contributed by atoms with Gasteiger partial charge in [-0.2, -0.15) is 0 Å². The summed E-state index contributed by atoms with van der Waals surface area (Å²) in [6.07, 6.45) is 3.99. The Morgan fingerprint density at radius 1 is 1.21 bits per heavy atom. The van der Waals surface area contributed by atoms with Crippen molar-refractivity contribution < 1.29 is 19.5 Å². The highest BCUT2D eigenvalue weighted by Gasteiger charge is 2.36. The number of nitrogens with one attached hydrogen (secondary N) is 2. The molecule has 2 rings (SSSR count). The topological polar surface area (TPSA) is 104 Å². The zero-order valence-corrected chi connectivity index (χ0v) is 20.6. The summed E-state index contributed by atoms with van der Waals surface area (Å²) in [5.41, 5.74) is 1.77. The molecular formula is C25H36N4O4. The molecule has 1 heterocycles. The van der Waals surface area contributed by atoms with Crippen LogP contribution < -0.4 is 10.6 Å². The first-order chi connectivity index (χ1) is 15.4. The molecule has 1 aromatic carbocycles. The molecule has 2 amide bonds. The molecule has 0 bridgehead atoms. The third kappa shape index (κ3) is 6.44. The van der Waals surface area contributed by atoms with Crippen LogP contribution in [0, 0.1) is 5.41 Å². The predicted molar refractivity (Wildman–Crippen MR) is 130 cm³/mol. The standard InChI is InChI=1S/C25H36N4O4/c1-16(24(32)33)12-13-28(6)23(31)21(25(2,3)4)27-22(30)19(26-5)14-17-15-29(7)20-11-9-8-10-18(17)20/h8-12,15,19,21,26H,13-14H2,1-7H3,(H,27,30)(H,32,33)/b16-12+/t19-,21+/m0/s1. The van der Waals surface area contributed by atoms with Gasteiger partial charge in [-0.1, -0.05) is 45.0 Å². The Balaban J connectivity index is 2.19. The first-order valence-corrected chi connectivity index (χ1v) is 11.0. The van der Waals surface area contributed by atoms with Crippen LogP contribution in [-0.4, -0.2) is 65.1 Å². The number of nitrogens with zero attached hydrogens (tertiary/aromatic N) is 2. The highest BCUT2D eigenvalue weighted by molar-refractivity contribution is 5.91. The van der Waals surface area contributed by atoms with Crippen molar-refractivity contribution in [3.05, 3.63) is 47.7 Å². The fourth-order valence-electron chi connectivity index (χ4n) is 3.70. The lowest BCUT2D eigenvalue weighted by atomic mass is 9.85. The van der Waals surface area contributed by atoms with Gasteiger partial charge in [-0.25, -0.2) is 4.79 Å². The van der Waals surface area contributed by atoms with Gasteiger partial charge in [0, 0.05) is 43.3 Å². The fourth-order valence-corrected chi connectivity index (χ4v) is 3.70. The molecule has 0 fully saturated rings. The summed E-state index contributed by atoms with van der Waals surface area (Å²) in [5.74, 6) is -1.56. The number of carbonyl (C=O) groups is 3. The number of amides is 2. The van der Waals surface area contributed by atoms with Crippen molar-refractivity contribution in [1.82, 2.24) is 20.1 Å². The number of hydrogen-bond donors (Lipinski definition) is 3. The second-order valence-electron chi connectivity index (χ2n) is 9.55. The molecule has 0 saturated heterocycles. The maximum atomic E-state index is 13.2. The quantitative estimate of drug-likeness (QED) is 0.503. The number of aryl methyl sites for hydroxylation is 1. The molecular weight excluding hydrogens is 420 g/mol. The Kier molecular flexibility index (Phi) is 8.44. The number of aliphatic carboxylic acids is 1. The van der Waals surface area contributed by atoms with Gasteiger partial charge < -0.3 is 25.2 Å². The molecule has 0 spiro atoms. The van der Waals surface area contributed by atoms with Crippen LogP contribution in [0.4, 0.5) is 0 Å². The van der Waals surface area contributed by atoms with Crippen LogP contribution in [0.1, 0.15) is 33.3 Å². The third-order valence-electron chi connectivity index (χ3n) is 5.85. The SMILES string of the molecule is CN[C@@H](Cc1cn(C)c2ccccc12)C(=O)N[C@H](C(=O)N(C)C/C=C(\C)C(=O)O)C(C)(C)C. The minimum absolute atomic E-state index is 0.144. The van der Waals surface area contributed by atoms with E-state index in [2.05, 4.69) is 10.6 Å². The number of carbonyl (C=O) groups excluding carboxylic acids is 2. The Labute approximate surface area is 195 Å². The molecule has 8 heteroatoms. The summed E-state index contributed by atoms with van der Waals surface area (Å²) >= 11 is 0. The van der Waals surface area contributed by atoms with E-state index in [0.717, 1.165) is 16.5 Å². The number of carboxylic acids is 1. The lowest BCUT2D eigenvalue weighted by Gasteiger charge is -2.34. The lowest BCUT2D eigenvalue weighted by Crippen LogP contribution is -2.57. The van der Waals surface area contributed by atoms with Crippen LogP contribution in [0.3, 0.4) is 0 Å². The number of likely N-dealkylation sites (N-methyl/N-ethyl adjacent to an activating group) is 2. The number of para-hydroxylation sites is 1. The number of fused-ring (bicyclic) bond motifs is 1. The molecule has 0 aliphatic heterocycles. The van der Waals surface area contributed by atoms with Crippen molar-refractivity contribution in [3.8, 4) is 0 Å². The van der Waals surface area contributed by atoms with E-state index in [0.29, 0.717) is 6.42 Å². The average molecular weight is 457 g/mol.